The van der Waals surface area contributed by atoms with E-state index in [0.29, 0.717) is 5.75 Å². The van der Waals surface area contributed by atoms with Gasteiger partial charge in [0, 0.05) is 5.56 Å². The summed E-state index contributed by atoms with van der Waals surface area (Å²) in [4.78, 5) is 0. The number of aryl methyl sites for hydroxylation is 1. The number of benzene rings is 3. The van der Waals surface area contributed by atoms with Gasteiger partial charge in [-0.3, -0.25) is 0 Å². The molecule has 23 heavy (non-hydrogen) atoms. The van der Waals surface area contributed by atoms with Crippen molar-refractivity contribution in [1.29, 1.82) is 0 Å². The van der Waals surface area contributed by atoms with Crippen molar-refractivity contribution in [2.75, 3.05) is 0 Å². The Morgan fingerprint density at radius 3 is 2.09 bits per heavy atom. The summed E-state index contributed by atoms with van der Waals surface area (Å²) in [5, 5.41) is 9.95. The molecule has 2 nitrogen and oxygen atoms in total. The fraction of sp³-hybridized carbons (Fsp3) is 0.143. The van der Waals surface area contributed by atoms with Gasteiger partial charge < -0.3 is 9.84 Å². The maximum Gasteiger partial charge on any atom is 0.169 e. The molecule has 0 amide bonds. The molecule has 0 spiro atoms. The number of hydrogen-bond donors (Lipinski definition) is 1. The molecule has 0 aliphatic heterocycles. The Bertz CT molecular complexity index is 793. The van der Waals surface area contributed by atoms with Crippen molar-refractivity contribution >= 4 is 0 Å². The molecule has 3 aromatic rings. The van der Waals surface area contributed by atoms with Crippen LogP contribution in [0, 0.1) is 0 Å². The Morgan fingerprint density at radius 1 is 0.739 bits per heavy atom. The van der Waals surface area contributed by atoms with E-state index in [1.54, 1.807) is 18.2 Å². The third-order valence-corrected chi connectivity index (χ3v) is 3.80. The van der Waals surface area contributed by atoms with Crippen LogP contribution in [0.5, 0.6) is 17.2 Å². The van der Waals surface area contributed by atoms with E-state index in [4.69, 9.17) is 4.74 Å². The zero-order valence-electron chi connectivity index (χ0n) is 13.2. The van der Waals surface area contributed by atoms with E-state index in [2.05, 4.69) is 31.2 Å². The number of ether oxygens (including phenoxy) is 1. The standard InChI is InChI=1S/C21H20O2/c1-2-9-16-10-3-4-11-17(16)18-12-5-7-14-20(18)23-21-15-8-6-13-19(21)22/h3-8,10-15,22H,2,9H2,1H3. The van der Waals surface area contributed by atoms with Crippen molar-refractivity contribution in [3.05, 3.63) is 78.4 Å². The molecule has 0 bridgehead atoms. The summed E-state index contributed by atoms with van der Waals surface area (Å²) in [6.45, 7) is 2.18. The van der Waals surface area contributed by atoms with Gasteiger partial charge in [0.15, 0.2) is 11.5 Å². The largest absolute Gasteiger partial charge is 0.504 e. The highest BCUT2D eigenvalue weighted by molar-refractivity contribution is 5.74. The summed E-state index contributed by atoms with van der Waals surface area (Å²) in [5.74, 6) is 1.36. The first-order chi connectivity index (χ1) is 11.3. The van der Waals surface area contributed by atoms with E-state index in [0.717, 1.165) is 24.2 Å². The summed E-state index contributed by atoms with van der Waals surface area (Å²) in [7, 11) is 0. The van der Waals surface area contributed by atoms with Gasteiger partial charge in [0.2, 0.25) is 0 Å². The van der Waals surface area contributed by atoms with Crippen LogP contribution < -0.4 is 4.74 Å². The van der Waals surface area contributed by atoms with Gasteiger partial charge in [-0.15, -0.1) is 0 Å². The van der Waals surface area contributed by atoms with Crippen LogP contribution in [0.1, 0.15) is 18.9 Å². The van der Waals surface area contributed by atoms with Crippen LogP contribution in [0.2, 0.25) is 0 Å². The quantitative estimate of drug-likeness (QED) is 0.645. The molecular weight excluding hydrogens is 284 g/mol. The molecule has 0 radical (unpaired) electrons. The van der Waals surface area contributed by atoms with Gasteiger partial charge in [-0.1, -0.05) is 67.9 Å². The zero-order valence-corrected chi connectivity index (χ0v) is 13.2. The van der Waals surface area contributed by atoms with Gasteiger partial charge in [-0.2, -0.15) is 0 Å². The number of aromatic hydroxyl groups is 1. The molecule has 3 rings (SSSR count). The maximum atomic E-state index is 9.95. The molecule has 0 atom stereocenters. The Balaban J connectivity index is 2.04. The fourth-order valence-electron chi connectivity index (χ4n) is 2.71. The van der Waals surface area contributed by atoms with Crippen molar-refractivity contribution in [1.82, 2.24) is 0 Å². The SMILES string of the molecule is CCCc1ccccc1-c1ccccc1Oc1ccccc1O. The highest BCUT2D eigenvalue weighted by Crippen LogP contribution is 2.37. The number of phenolic OH excluding ortho intramolecular Hbond substituents is 1. The Morgan fingerprint density at radius 2 is 1.35 bits per heavy atom. The first-order valence-corrected chi connectivity index (χ1v) is 7.92. The zero-order chi connectivity index (χ0) is 16.1. The summed E-state index contributed by atoms with van der Waals surface area (Å²) >= 11 is 0. The summed E-state index contributed by atoms with van der Waals surface area (Å²) in [6, 6.07) is 23.4. The van der Waals surface area contributed by atoms with Crippen LogP contribution in [0.15, 0.2) is 72.8 Å². The summed E-state index contributed by atoms with van der Waals surface area (Å²) < 4.78 is 5.98. The van der Waals surface area contributed by atoms with Crippen LogP contribution in [-0.4, -0.2) is 5.11 Å². The van der Waals surface area contributed by atoms with E-state index < -0.39 is 0 Å². The molecule has 0 unspecified atom stereocenters. The summed E-state index contributed by atoms with van der Waals surface area (Å²) in [6.07, 6.45) is 2.13. The van der Waals surface area contributed by atoms with Gasteiger partial charge in [0.1, 0.15) is 5.75 Å². The number of hydrogen-bond acceptors (Lipinski definition) is 2. The van der Waals surface area contributed by atoms with Crippen molar-refractivity contribution in [2.45, 2.75) is 19.8 Å². The van der Waals surface area contributed by atoms with E-state index in [1.807, 2.05) is 30.3 Å². The lowest BCUT2D eigenvalue weighted by molar-refractivity contribution is 0.412. The maximum absolute atomic E-state index is 9.95. The first kappa shape index (κ1) is 15.2. The Hall–Kier alpha value is -2.74. The minimum atomic E-state index is 0.143. The topological polar surface area (TPSA) is 29.5 Å². The second-order valence-corrected chi connectivity index (χ2v) is 5.47. The Labute approximate surface area is 137 Å². The van der Waals surface area contributed by atoms with E-state index in [-0.39, 0.29) is 5.75 Å². The third kappa shape index (κ3) is 3.37. The monoisotopic (exact) mass is 304 g/mol. The highest BCUT2D eigenvalue weighted by atomic mass is 16.5. The minimum absolute atomic E-state index is 0.143. The van der Waals surface area contributed by atoms with Crippen LogP contribution >= 0.6 is 0 Å². The van der Waals surface area contributed by atoms with Crippen LogP contribution in [0.25, 0.3) is 11.1 Å². The lowest BCUT2D eigenvalue weighted by Gasteiger charge is -2.15. The van der Waals surface area contributed by atoms with E-state index in [1.165, 1.54) is 11.1 Å². The van der Waals surface area contributed by atoms with Crippen molar-refractivity contribution in [2.24, 2.45) is 0 Å². The molecule has 2 heteroatoms. The number of rotatable bonds is 5. The predicted molar refractivity (Wildman–Crippen MR) is 94.1 cm³/mol. The van der Waals surface area contributed by atoms with Crippen LogP contribution in [0.4, 0.5) is 0 Å². The number of para-hydroxylation sites is 3. The van der Waals surface area contributed by atoms with Gasteiger partial charge in [-0.25, -0.2) is 0 Å². The molecule has 0 heterocycles. The van der Waals surface area contributed by atoms with Crippen LogP contribution in [-0.2, 0) is 6.42 Å². The molecule has 0 fully saturated rings. The normalized spacial score (nSPS) is 10.5. The lowest BCUT2D eigenvalue weighted by Crippen LogP contribution is -1.93. The molecular formula is C21H20O2. The molecule has 0 saturated carbocycles. The third-order valence-electron chi connectivity index (χ3n) is 3.80. The fourth-order valence-corrected chi connectivity index (χ4v) is 2.71. The smallest absolute Gasteiger partial charge is 0.169 e. The van der Waals surface area contributed by atoms with E-state index >= 15 is 0 Å². The predicted octanol–water partition coefficient (Wildman–Crippen LogP) is 5.80. The molecule has 1 N–H and O–H groups in total. The molecule has 116 valence electrons. The molecule has 0 saturated heterocycles. The van der Waals surface area contributed by atoms with Crippen LogP contribution in [0.3, 0.4) is 0 Å². The average molecular weight is 304 g/mol. The summed E-state index contributed by atoms with van der Waals surface area (Å²) in [5.41, 5.74) is 3.53. The van der Waals surface area contributed by atoms with Gasteiger partial charge >= 0.3 is 0 Å². The second-order valence-electron chi connectivity index (χ2n) is 5.47. The highest BCUT2D eigenvalue weighted by Gasteiger charge is 2.11. The second kappa shape index (κ2) is 7.01. The van der Waals surface area contributed by atoms with Crippen molar-refractivity contribution in [3.8, 4) is 28.4 Å². The average Bonchev–Trinajstić information content (AvgIpc) is 2.58. The van der Waals surface area contributed by atoms with Gasteiger partial charge in [-0.05, 0) is 35.7 Å². The number of phenols is 1. The van der Waals surface area contributed by atoms with Gasteiger partial charge in [0.05, 0.1) is 0 Å². The molecule has 0 aromatic heterocycles. The minimum Gasteiger partial charge on any atom is -0.504 e. The van der Waals surface area contributed by atoms with E-state index in [9.17, 15) is 5.11 Å². The first-order valence-electron chi connectivity index (χ1n) is 7.92. The molecule has 0 aliphatic carbocycles. The molecule has 3 aromatic carbocycles. The lowest BCUT2D eigenvalue weighted by atomic mass is 9.96. The van der Waals surface area contributed by atoms with Crippen molar-refractivity contribution < 1.29 is 9.84 Å². The van der Waals surface area contributed by atoms with Crippen molar-refractivity contribution in [3.63, 3.8) is 0 Å². The van der Waals surface area contributed by atoms with Gasteiger partial charge in [0.25, 0.3) is 0 Å². The Kier molecular flexibility index (Phi) is 4.62. The molecule has 0 aliphatic rings.